The summed E-state index contributed by atoms with van der Waals surface area (Å²) < 4.78 is 5.05. The van der Waals surface area contributed by atoms with Crippen molar-refractivity contribution in [2.75, 3.05) is 6.61 Å². The molecule has 1 aromatic carbocycles. The van der Waals surface area contributed by atoms with Crippen LogP contribution in [0.2, 0.25) is 0 Å². The van der Waals surface area contributed by atoms with Gasteiger partial charge in [0, 0.05) is 5.56 Å². The summed E-state index contributed by atoms with van der Waals surface area (Å²) in [5.41, 5.74) is 1.42. The molecule has 1 aromatic rings. The maximum Gasteiger partial charge on any atom is 0.252 e. The summed E-state index contributed by atoms with van der Waals surface area (Å²) in [5.74, 6) is -0.319. The summed E-state index contributed by atoms with van der Waals surface area (Å²) in [6.07, 6.45) is 0.0981. The van der Waals surface area contributed by atoms with Crippen LogP contribution in [0, 0.1) is 12.8 Å². The average molecular weight is 334 g/mol. The molecule has 3 atom stereocenters. The number of aliphatic hydroxyl groups is 1. The van der Waals surface area contributed by atoms with Gasteiger partial charge >= 0.3 is 0 Å². The Morgan fingerprint density at radius 1 is 1.33 bits per heavy atom. The fourth-order valence-electron chi connectivity index (χ4n) is 2.77. The van der Waals surface area contributed by atoms with Crippen LogP contribution in [0.1, 0.15) is 42.6 Å². The number of amides is 2. The number of carbonyl (C=O) groups excluding carboxylic acids is 2. The molecule has 1 aliphatic heterocycles. The second-order valence-corrected chi connectivity index (χ2v) is 6.64. The van der Waals surface area contributed by atoms with E-state index in [1.165, 1.54) is 0 Å². The smallest absolute Gasteiger partial charge is 0.252 e. The molecule has 132 valence electrons. The number of rotatable bonds is 6. The van der Waals surface area contributed by atoms with Crippen molar-refractivity contribution in [2.45, 2.75) is 52.0 Å². The van der Waals surface area contributed by atoms with Crippen LogP contribution < -0.4 is 10.6 Å². The molecular weight excluding hydrogens is 308 g/mol. The minimum atomic E-state index is -0.985. The molecule has 6 nitrogen and oxygen atoms in total. The maximum absolute atomic E-state index is 12.5. The molecule has 2 amide bonds. The molecule has 0 spiro atoms. The van der Waals surface area contributed by atoms with Gasteiger partial charge in [0.15, 0.2) is 6.29 Å². The van der Waals surface area contributed by atoms with Gasteiger partial charge in [-0.15, -0.1) is 0 Å². The van der Waals surface area contributed by atoms with Gasteiger partial charge in [-0.3, -0.25) is 9.59 Å². The molecule has 1 fully saturated rings. The molecule has 0 saturated carbocycles. The van der Waals surface area contributed by atoms with E-state index >= 15 is 0 Å². The van der Waals surface area contributed by atoms with Gasteiger partial charge in [-0.1, -0.05) is 32.0 Å². The molecule has 0 radical (unpaired) electrons. The number of hydrogen-bond donors (Lipinski definition) is 3. The van der Waals surface area contributed by atoms with Gasteiger partial charge in [-0.25, -0.2) is 0 Å². The van der Waals surface area contributed by atoms with Crippen LogP contribution in [0.4, 0.5) is 0 Å². The lowest BCUT2D eigenvalue weighted by Crippen LogP contribution is -2.51. The van der Waals surface area contributed by atoms with Gasteiger partial charge in [0.25, 0.3) is 5.91 Å². The molecule has 3 N–H and O–H groups in total. The lowest BCUT2D eigenvalue weighted by Gasteiger charge is -2.23. The third kappa shape index (κ3) is 4.79. The van der Waals surface area contributed by atoms with E-state index in [9.17, 15) is 14.7 Å². The summed E-state index contributed by atoms with van der Waals surface area (Å²) in [5, 5.41) is 15.3. The SMILES string of the molecule is Cc1ccccc1C(=O)N[C@@H](CC(C)C)C(=O)N[C@H]1CCOC1O. The topological polar surface area (TPSA) is 87.7 Å². The number of carbonyl (C=O) groups is 2. The Bertz CT molecular complexity index is 588. The van der Waals surface area contributed by atoms with Crippen molar-refractivity contribution in [1.29, 1.82) is 0 Å². The number of aryl methyl sites for hydroxylation is 1. The first kappa shape index (κ1) is 18.4. The van der Waals surface area contributed by atoms with Crippen molar-refractivity contribution in [1.82, 2.24) is 10.6 Å². The predicted octanol–water partition coefficient (Wildman–Crippen LogP) is 1.36. The van der Waals surface area contributed by atoms with Crippen LogP contribution in [-0.2, 0) is 9.53 Å². The zero-order valence-corrected chi connectivity index (χ0v) is 14.4. The number of aliphatic hydroxyl groups excluding tert-OH is 1. The zero-order chi connectivity index (χ0) is 17.7. The lowest BCUT2D eigenvalue weighted by atomic mass is 10.0. The van der Waals surface area contributed by atoms with E-state index in [4.69, 9.17) is 4.74 Å². The van der Waals surface area contributed by atoms with Crippen LogP contribution in [0.15, 0.2) is 24.3 Å². The Balaban J connectivity index is 2.06. The molecule has 1 aliphatic rings. The summed E-state index contributed by atoms with van der Waals surface area (Å²) in [4.78, 5) is 25.0. The monoisotopic (exact) mass is 334 g/mol. The first-order valence-electron chi connectivity index (χ1n) is 8.35. The van der Waals surface area contributed by atoms with Gasteiger partial charge in [0.1, 0.15) is 6.04 Å². The van der Waals surface area contributed by atoms with Gasteiger partial charge in [-0.05, 0) is 37.3 Å². The molecule has 1 heterocycles. The highest BCUT2D eigenvalue weighted by molar-refractivity contribution is 5.98. The fraction of sp³-hybridized carbons (Fsp3) is 0.556. The van der Waals surface area contributed by atoms with Crippen molar-refractivity contribution < 1.29 is 19.4 Å². The first-order chi connectivity index (χ1) is 11.4. The first-order valence-corrected chi connectivity index (χ1v) is 8.35. The highest BCUT2D eigenvalue weighted by Gasteiger charge is 2.31. The van der Waals surface area contributed by atoms with Crippen molar-refractivity contribution in [3.05, 3.63) is 35.4 Å². The quantitative estimate of drug-likeness (QED) is 0.733. The van der Waals surface area contributed by atoms with Crippen molar-refractivity contribution in [3.63, 3.8) is 0 Å². The zero-order valence-electron chi connectivity index (χ0n) is 14.4. The molecule has 6 heteroatoms. The van der Waals surface area contributed by atoms with Crippen LogP contribution >= 0.6 is 0 Å². The number of hydrogen-bond acceptors (Lipinski definition) is 4. The Labute approximate surface area is 142 Å². The Morgan fingerprint density at radius 2 is 2.04 bits per heavy atom. The number of ether oxygens (including phenoxy) is 1. The van der Waals surface area contributed by atoms with Gasteiger partial charge in [-0.2, -0.15) is 0 Å². The van der Waals surface area contributed by atoms with E-state index in [1.54, 1.807) is 12.1 Å². The third-order valence-electron chi connectivity index (χ3n) is 4.11. The molecule has 24 heavy (non-hydrogen) atoms. The third-order valence-corrected chi connectivity index (χ3v) is 4.11. The molecular formula is C18H26N2O4. The van der Waals surface area contributed by atoms with Gasteiger partial charge in [0.05, 0.1) is 12.6 Å². The fourth-order valence-corrected chi connectivity index (χ4v) is 2.77. The number of nitrogens with one attached hydrogen (secondary N) is 2. The minimum absolute atomic E-state index is 0.239. The van der Waals surface area contributed by atoms with E-state index in [0.29, 0.717) is 25.0 Å². The van der Waals surface area contributed by atoms with Crippen molar-refractivity contribution in [3.8, 4) is 0 Å². The molecule has 0 aliphatic carbocycles. The Morgan fingerprint density at radius 3 is 2.62 bits per heavy atom. The second kappa shape index (κ2) is 8.26. The van der Waals surface area contributed by atoms with Gasteiger partial charge in [0.2, 0.25) is 5.91 Å². The summed E-state index contributed by atoms with van der Waals surface area (Å²) in [6, 6.07) is 6.19. The van der Waals surface area contributed by atoms with Crippen LogP contribution in [-0.4, -0.2) is 41.9 Å². The standard InChI is InChI=1S/C18H26N2O4/c1-11(2)10-15(17(22)19-14-8-9-24-18(14)23)20-16(21)13-7-5-4-6-12(13)3/h4-7,11,14-15,18,23H,8-10H2,1-3H3,(H,19,22)(H,20,21)/t14-,15-,18?/m0/s1. The molecule has 0 bridgehead atoms. The summed E-state index contributed by atoms with van der Waals surface area (Å²) in [6.45, 7) is 6.26. The highest BCUT2D eigenvalue weighted by Crippen LogP contribution is 2.13. The van der Waals surface area contributed by atoms with Crippen LogP contribution in [0.5, 0.6) is 0 Å². The summed E-state index contributed by atoms with van der Waals surface area (Å²) >= 11 is 0. The van der Waals surface area contributed by atoms with E-state index in [0.717, 1.165) is 5.56 Å². The average Bonchev–Trinajstić information content (AvgIpc) is 2.91. The minimum Gasteiger partial charge on any atom is -0.366 e. The molecule has 1 saturated heterocycles. The molecule has 0 aromatic heterocycles. The van der Waals surface area contributed by atoms with Crippen molar-refractivity contribution >= 4 is 11.8 Å². The van der Waals surface area contributed by atoms with E-state index in [2.05, 4.69) is 10.6 Å². The number of benzene rings is 1. The van der Waals surface area contributed by atoms with Gasteiger partial charge < -0.3 is 20.5 Å². The largest absolute Gasteiger partial charge is 0.366 e. The van der Waals surface area contributed by atoms with Crippen LogP contribution in [0.3, 0.4) is 0 Å². The van der Waals surface area contributed by atoms with E-state index in [1.807, 2.05) is 32.9 Å². The Kier molecular flexibility index (Phi) is 6.34. The summed E-state index contributed by atoms with van der Waals surface area (Å²) in [7, 11) is 0. The second-order valence-electron chi connectivity index (χ2n) is 6.64. The predicted molar refractivity (Wildman–Crippen MR) is 90.4 cm³/mol. The van der Waals surface area contributed by atoms with E-state index in [-0.39, 0.29) is 17.7 Å². The van der Waals surface area contributed by atoms with E-state index < -0.39 is 18.4 Å². The normalized spacial score (nSPS) is 21.5. The molecule has 2 rings (SSSR count). The maximum atomic E-state index is 12.5. The highest BCUT2D eigenvalue weighted by atomic mass is 16.6. The van der Waals surface area contributed by atoms with Crippen molar-refractivity contribution in [2.24, 2.45) is 5.92 Å². The Hall–Kier alpha value is -1.92. The molecule has 1 unspecified atom stereocenters. The van der Waals surface area contributed by atoms with Crippen LogP contribution in [0.25, 0.3) is 0 Å². The lowest BCUT2D eigenvalue weighted by molar-refractivity contribution is -0.127.